The zero-order valence-corrected chi connectivity index (χ0v) is 11.8. The van der Waals surface area contributed by atoms with Crippen LogP contribution in [0.15, 0.2) is 86.0 Å². The first-order valence-corrected chi connectivity index (χ1v) is 6.26. The van der Waals surface area contributed by atoms with Crippen LogP contribution in [0, 0.1) is 12.7 Å². The molecule has 0 fully saturated rings. The number of rotatable bonds is 6. The van der Waals surface area contributed by atoms with Gasteiger partial charge >= 0.3 is 0 Å². The van der Waals surface area contributed by atoms with Crippen molar-refractivity contribution in [1.82, 2.24) is 0 Å². The van der Waals surface area contributed by atoms with Crippen LogP contribution in [-0.4, -0.2) is 0 Å². The molecule has 1 rings (SSSR count). The second kappa shape index (κ2) is 7.25. The Kier molecular flexibility index (Phi) is 5.67. The number of hydrogen-bond donors (Lipinski definition) is 0. The van der Waals surface area contributed by atoms with Crippen molar-refractivity contribution in [3.05, 3.63) is 103 Å². The van der Waals surface area contributed by atoms with Crippen molar-refractivity contribution >= 4 is 5.57 Å². The summed E-state index contributed by atoms with van der Waals surface area (Å²) in [4.78, 5) is 0. The monoisotopic (exact) mass is 266 g/mol. The molecule has 0 aliphatic carbocycles. The quantitative estimate of drug-likeness (QED) is 0.591. The van der Waals surface area contributed by atoms with Gasteiger partial charge in [0.25, 0.3) is 0 Å². The fourth-order valence-corrected chi connectivity index (χ4v) is 1.57. The minimum Gasteiger partial charge on any atom is -0.206 e. The van der Waals surface area contributed by atoms with Crippen LogP contribution in [0.3, 0.4) is 0 Å². The summed E-state index contributed by atoms with van der Waals surface area (Å²) in [6.45, 7) is 17.1. The van der Waals surface area contributed by atoms with Crippen LogP contribution < -0.4 is 0 Å². The van der Waals surface area contributed by atoms with Crippen molar-refractivity contribution in [1.29, 1.82) is 0 Å². The van der Waals surface area contributed by atoms with E-state index in [1.807, 2.05) is 19.1 Å². The van der Waals surface area contributed by atoms with Crippen molar-refractivity contribution in [2.45, 2.75) is 6.92 Å². The first kappa shape index (κ1) is 15.6. The molecular formula is C19H19F. The summed E-state index contributed by atoms with van der Waals surface area (Å²) < 4.78 is 13.8. The molecular weight excluding hydrogens is 247 g/mol. The third-order valence-electron chi connectivity index (χ3n) is 2.80. The smallest absolute Gasteiger partial charge is 0.131 e. The van der Waals surface area contributed by atoms with E-state index in [1.165, 1.54) is 6.07 Å². The van der Waals surface area contributed by atoms with Crippen LogP contribution in [0.2, 0.25) is 0 Å². The molecule has 102 valence electrons. The van der Waals surface area contributed by atoms with E-state index in [0.29, 0.717) is 11.1 Å². The van der Waals surface area contributed by atoms with Gasteiger partial charge in [0.2, 0.25) is 0 Å². The number of hydrogen-bond acceptors (Lipinski definition) is 0. The molecule has 0 aromatic heterocycles. The van der Waals surface area contributed by atoms with Crippen LogP contribution in [0.5, 0.6) is 0 Å². The largest absolute Gasteiger partial charge is 0.206 e. The summed E-state index contributed by atoms with van der Waals surface area (Å²) in [6, 6.07) is 5.08. The van der Waals surface area contributed by atoms with Gasteiger partial charge in [-0.15, -0.1) is 0 Å². The lowest BCUT2D eigenvalue weighted by molar-refractivity contribution is 0.623. The van der Waals surface area contributed by atoms with E-state index < -0.39 is 0 Å². The Morgan fingerprint density at radius 2 is 1.70 bits per heavy atom. The molecule has 20 heavy (non-hydrogen) atoms. The van der Waals surface area contributed by atoms with E-state index in [9.17, 15) is 4.39 Å². The molecule has 0 nitrogen and oxygen atoms in total. The van der Waals surface area contributed by atoms with E-state index in [1.54, 1.807) is 30.4 Å². The summed E-state index contributed by atoms with van der Waals surface area (Å²) in [5.41, 5.74) is 3.50. The molecule has 0 saturated carbocycles. The summed E-state index contributed by atoms with van der Waals surface area (Å²) in [5.74, 6) is -0.268. The van der Waals surface area contributed by atoms with E-state index in [0.717, 1.165) is 16.7 Å². The van der Waals surface area contributed by atoms with Gasteiger partial charge in [0.15, 0.2) is 0 Å². The molecule has 0 saturated heterocycles. The summed E-state index contributed by atoms with van der Waals surface area (Å²) in [6.07, 6.45) is 8.79. The molecule has 0 unspecified atom stereocenters. The molecule has 0 N–H and O–H groups in total. The van der Waals surface area contributed by atoms with Crippen LogP contribution in [0.1, 0.15) is 11.1 Å². The summed E-state index contributed by atoms with van der Waals surface area (Å²) >= 11 is 0. The second-order valence-electron chi connectivity index (χ2n) is 4.49. The first-order valence-electron chi connectivity index (χ1n) is 6.26. The van der Waals surface area contributed by atoms with E-state index >= 15 is 0 Å². The van der Waals surface area contributed by atoms with Gasteiger partial charge in [0.1, 0.15) is 5.82 Å². The third kappa shape index (κ3) is 4.36. The average molecular weight is 266 g/mol. The van der Waals surface area contributed by atoms with Gasteiger partial charge in [-0.05, 0) is 35.3 Å². The molecule has 1 aromatic rings. The SMILES string of the molecule is C=C/C=C\C(=C)C(=C)/C=C\C(=C)c1ccc(C)cc1F. The summed E-state index contributed by atoms with van der Waals surface area (Å²) in [7, 11) is 0. The van der Waals surface area contributed by atoms with Gasteiger partial charge < -0.3 is 0 Å². The molecule has 1 heteroatoms. The van der Waals surface area contributed by atoms with Gasteiger partial charge in [0, 0.05) is 5.56 Å². The predicted molar refractivity (Wildman–Crippen MR) is 86.9 cm³/mol. The lowest BCUT2D eigenvalue weighted by Gasteiger charge is -2.04. The van der Waals surface area contributed by atoms with Crippen molar-refractivity contribution in [2.24, 2.45) is 0 Å². The lowest BCUT2D eigenvalue weighted by Crippen LogP contribution is -1.88. The van der Waals surface area contributed by atoms with Gasteiger partial charge in [-0.25, -0.2) is 4.39 Å². The van der Waals surface area contributed by atoms with Crippen LogP contribution >= 0.6 is 0 Å². The Hall–Kier alpha value is -2.41. The molecule has 0 radical (unpaired) electrons. The van der Waals surface area contributed by atoms with Crippen molar-refractivity contribution in [3.63, 3.8) is 0 Å². The Morgan fingerprint density at radius 1 is 1.05 bits per heavy atom. The topological polar surface area (TPSA) is 0 Å². The Bertz CT molecular complexity index is 613. The fraction of sp³-hybridized carbons (Fsp3) is 0.0526. The van der Waals surface area contributed by atoms with E-state index in [2.05, 4.69) is 26.3 Å². The maximum absolute atomic E-state index is 13.8. The highest BCUT2D eigenvalue weighted by Crippen LogP contribution is 2.20. The highest BCUT2D eigenvalue weighted by molar-refractivity contribution is 5.73. The van der Waals surface area contributed by atoms with Gasteiger partial charge in [-0.1, -0.05) is 68.8 Å². The normalized spacial score (nSPS) is 10.9. The highest BCUT2D eigenvalue weighted by atomic mass is 19.1. The number of aryl methyl sites for hydroxylation is 1. The highest BCUT2D eigenvalue weighted by Gasteiger charge is 2.03. The molecule has 0 bridgehead atoms. The Balaban J connectivity index is 2.82. The van der Waals surface area contributed by atoms with E-state index in [-0.39, 0.29) is 5.82 Å². The second-order valence-corrected chi connectivity index (χ2v) is 4.49. The molecule has 0 amide bonds. The van der Waals surface area contributed by atoms with Crippen molar-refractivity contribution in [2.75, 3.05) is 0 Å². The molecule has 1 aromatic carbocycles. The third-order valence-corrected chi connectivity index (χ3v) is 2.80. The van der Waals surface area contributed by atoms with Gasteiger partial charge in [-0.2, -0.15) is 0 Å². The zero-order valence-electron chi connectivity index (χ0n) is 11.8. The lowest BCUT2D eigenvalue weighted by atomic mass is 10.0. The van der Waals surface area contributed by atoms with Gasteiger partial charge in [-0.3, -0.25) is 0 Å². The molecule has 0 aliphatic heterocycles. The van der Waals surface area contributed by atoms with Crippen molar-refractivity contribution < 1.29 is 4.39 Å². The Morgan fingerprint density at radius 3 is 2.30 bits per heavy atom. The van der Waals surface area contributed by atoms with Crippen molar-refractivity contribution in [3.8, 4) is 0 Å². The number of allylic oxidation sites excluding steroid dienone is 8. The summed E-state index contributed by atoms with van der Waals surface area (Å²) in [5, 5.41) is 0. The minimum absolute atomic E-state index is 0.268. The molecule has 0 heterocycles. The average Bonchev–Trinajstić information content (AvgIpc) is 2.41. The zero-order chi connectivity index (χ0) is 15.1. The minimum atomic E-state index is -0.268. The van der Waals surface area contributed by atoms with E-state index in [4.69, 9.17) is 0 Å². The van der Waals surface area contributed by atoms with Crippen LogP contribution in [0.25, 0.3) is 5.57 Å². The van der Waals surface area contributed by atoms with Crippen LogP contribution in [0.4, 0.5) is 4.39 Å². The fourth-order valence-electron chi connectivity index (χ4n) is 1.57. The number of halogens is 1. The molecule has 0 spiro atoms. The van der Waals surface area contributed by atoms with Gasteiger partial charge in [0.05, 0.1) is 0 Å². The maximum atomic E-state index is 13.8. The first-order chi connectivity index (χ1) is 9.45. The van der Waals surface area contributed by atoms with Crippen LogP contribution in [-0.2, 0) is 0 Å². The Labute approximate surface area is 120 Å². The standard InChI is InChI=1S/C19H19F/c1-6-7-8-15(3)16(4)10-11-17(5)18-12-9-14(2)13-19(18)20/h6-13H,1,3-5H2,2H3/b8-7-,11-10-. The molecule has 0 atom stereocenters. The predicted octanol–water partition coefficient (Wildman–Crippen LogP) is 5.56. The maximum Gasteiger partial charge on any atom is 0.131 e. The molecule has 0 aliphatic rings. The number of benzene rings is 1.